The minimum atomic E-state index is -4.32. The first kappa shape index (κ1) is 28.4. The van der Waals surface area contributed by atoms with Crippen LogP contribution >= 0.6 is 22.9 Å². The van der Waals surface area contributed by atoms with Crippen molar-refractivity contribution in [2.75, 3.05) is 32.6 Å². The SMILES string of the molecule is COc1ccc(CN(c2nccs2)S(=O)(=O)c2cc(Cl)c(F)cc2O[C@H]2CCCC[C@@H]2N(C)C)c(OC)c1. The van der Waals surface area contributed by atoms with Gasteiger partial charge in [0, 0.05) is 35.3 Å². The molecule has 38 heavy (non-hydrogen) atoms. The van der Waals surface area contributed by atoms with Crippen molar-refractivity contribution in [3.8, 4) is 17.2 Å². The zero-order chi connectivity index (χ0) is 27.4. The molecule has 0 amide bonds. The average Bonchev–Trinajstić information content (AvgIpc) is 3.43. The van der Waals surface area contributed by atoms with Crippen LogP contribution in [0.3, 0.4) is 0 Å². The molecule has 1 fully saturated rings. The second-order valence-electron chi connectivity index (χ2n) is 9.19. The Balaban J connectivity index is 1.79. The topological polar surface area (TPSA) is 81.2 Å². The molecule has 0 radical (unpaired) electrons. The Morgan fingerprint density at radius 3 is 2.53 bits per heavy atom. The fourth-order valence-corrected chi connectivity index (χ4v) is 7.25. The van der Waals surface area contributed by atoms with Crippen LogP contribution in [-0.4, -0.2) is 58.8 Å². The zero-order valence-electron chi connectivity index (χ0n) is 21.7. The molecule has 0 saturated heterocycles. The molecule has 0 aliphatic heterocycles. The van der Waals surface area contributed by atoms with Crippen LogP contribution in [0.4, 0.5) is 9.52 Å². The van der Waals surface area contributed by atoms with Crippen LogP contribution in [-0.2, 0) is 16.6 Å². The zero-order valence-corrected chi connectivity index (χ0v) is 24.1. The smallest absolute Gasteiger partial charge is 0.270 e. The Hall–Kier alpha value is -2.60. The molecule has 1 aromatic heterocycles. The van der Waals surface area contributed by atoms with E-state index in [4.69, 9.17) is 25.8 Å². The van der Waals surface area contributed by atoms with Gasteiger partial charge in [-0.05, 0) is 51.6 Å². The first-order valence-electron chi connectivity index (χ1n) is 12.1. The summed E-state index contributed by atoms with van der Waals surface area (Å²) in [6, 6.07) is 7.36. The monoisotopic (exact) mass is 583 g/mol. The van der Waals surface area contributed by atoms with Crippen LogP contribution in [0.1, 0.15) is 31.2 Å². The van der Waals surface area contributed by atoms with Crippen LogP contribution in [0.25, 0.3) is 0 Å². The van der Waals surface area contributed by atoms with Gasteiger partial charge >= 0.3 is 0 Å². The molecule has 0 N–H and O–H groups in total. The van der Waals surface area contributed by atoms with Crippen molar-refractivity contribution in [2.24, 2.45) is 0 Å². The van der Waals surface area contributed by atoms with E-state index in [1.165, 1.54) is 20.4 Å². The third-order valence-corrected chi connectivity index (χ3v) is 9.56. The van der Waals surface area contributed by atoms with Crippen LogP contribution in [0.2, 0.25) is 5.02 Å². The first-order valence-corrected chi connectivity index (χ1v) is 14.8. The van der Waals surface area contributed by atoms with E-state index in [1.54, 1.807) is 23.6 Å². The fourth-order valence-electron chi connectivity index (χ4n) is 4.62. The summed E-state index contributed by atoms with van der Waals surface area (Å²) in [4.78, 5) is 6.09. The molecule has 0 spiro atoms. The molecule has 1 aliphatic rings. The maximum Gasteiger partial charge on any atom is 0.270 e. The summed E-state index contributed by atoms with van der Waals surface area (Å²) in [5.74, 6) is 0.188. The molecule has 1 aliphatic carbocycles. The molecule has 0 unspecified atom stereocenters. The number of likely N-dealkylation sites (N-methyl/N-ethyl adjacent to an activating group) is 1. The number of ether oxygens (including phenoxy) is 3. The number of benzene rings is 2. The number of halogens is 2. The van der Waals surface area contributed by atoms with E-state index in [2.05, 4.69) is 9.88 Å². The van der Waals surface area contributed by atoms with Gasteiger partial charge in [-0.3, -0.25) is 0 Å². The van der Waals surface area contributed by atoms with Crippen molar-refractivity contribution in [2.45, 2.75) is 49.3 Å². The number of hydrogen-bond donors (Lipinski definition) is 0. The summed E-state index contributed by atoms with van der Waals surface area (Å²) in [7, 11) is 2.63. The number of nitrogens with zero attached hydrogens (tertiary/aromatic N) is 3. The van der Waals surface area contributed by atoms with Gasteiger partial charge < -0.3 is 19.1 Å². The fraction of sp³-hybridized carbons (Fsp3) is 0.423. The third-order valence-electron chi connectivity index (χ3n) is 6.60. The van der Waals surface area contributed by atoms with E-state index in [0.717, 1.165) is 53.5 Å². The maximum absolute atomic E-state index is 14.7. The van der Waals surface area contributed by atoms with E-state index >= 15 is 0 Å². The van der Waals surface area contributed by atoms with Crippen LogP contribution in [0, 0.1) is 5.82 Å². The lowest BCUT2D eigenvalue weighted by atomic mass is 9.91. The molecule has 4 rings (SSSR count). The van der Waals surface area contributed by atoms with Crippen molar-refractivity contribution in [3.05, 3.63) is 58.3 Å². The predicted molar refractivity (Wildman–Crippen MR) is 147 cm³/mol. The lowest BCUT2D eigenvalue weighted by Crippen LogP contribution is -2.44. The minimum Gasteiger partial charge on any atom is -0.497 e. The average molecular weight is 584 g/mol. The van der Waals surface area contributed by atoms with E-state index in [0.29, 0.717) is 17.1 Å². The van der Waals surface area contributed by atoms with Crippen LogP contribution in [0.5, 0.6) is 17.2 Å². The number of thiazole rings is 1. The molecule has 3 aromatic rings. The molecule has 12 heteroatoms. The summed E-state index contributed by atoms with van der Waals surface area (Å²) in [6.07, 6.45) is 4.83. The van der Waals surface area contributed by atoms with Crippen molar-refractivity contribution < 1.29 is 27.0 Å². The Kier molecular flexibility index (Phi) is 9.02. The van der Waals surface area contributed by atoms with Gasteiger partial charge in [-0.1, -0.05) is 18.0 Å². The summed E-state index contributed by atoms with van der Waals surface area (Å²) in [5.41, 5.74) is 0.586. The van der Waals surface area contributed by atoms with Gasteiger partial charge in [0.15, 0.2) is 5.13 Å². The normalized spacial score (nSPS) is 17.9. The predicted octanol–water partition coefficient (Wildman–Crippen LogP) is 5.60. The highest BCUT2D eigenvalue weighted by atomic mass is 35.5. The first-order chi connectivity index (χ1) is 18.1. The van der Waals surface area contributed by atoms with E-state index < -0.39 is 15.8 Å². The largest absolute Gasteiger partial charge is 0.497 e. The second kappa shape index (κ2) is 12.1. The number of hydrogen-bond acceptors (Lipinski definition) is 8. The number of anilines is 1. The second-order valence-corrected chi connectivity index (χ2v) is 12.3. The van der Waals surface area contributed by atoms with Crippen LogP contribution in [0.15, 0.2) is 46.8 Å². The molecule has 1 heterocycles. The van der Waals surface area contributed by atoms with Gasteiger partial charge in [0.25, 0.3) is 10.0 Å². The van der Waals surface area contributed by atoms with Crippen molar-refractivity contribution >= 4 is 38.1 Å². The van der Waals surface area contributed by atoms with E-state index in [-0.39, 0.29) is 39.5 Å². The molecule has 206 valence electrons. The van der Waals surface area contributed by atoms with Crippen LogP contribution < -0.4 is 18.5 Å². The van der Waals surface area contributed by atoms with E-state index in [9.17, 15) is 12.8 Å². The van der Waals surface area contributed by atoms with Gasteiger partial charge in [-0.15, -0.1) is 11.3 Å². The number of aromatic nitrogens is 1. The molecular weight excluding hydrogens is 553 g/mol. The van der Waals surface area contributed by atoms with Crippen molar-refractivity contribution in [3.63, 3.8) is 0 Å². The Morgan fingerprint density at radius 1 is 1.11 bits per heavy atom. The van der Waals surface area contributed by atoms with Gasteiger partial charge in [0.2, 0.25) is 0 Å². The summed E-state index contributed by atoms with van der Waals surface area (Å²) >= 11 is 7.28. The molecule has 8 nitrogen and oxygen atoms in total. The van der Waals surface area contributed by atoms with Crippen molar-refractivity contribution in [1.29, 1.82) is 0 Å². The quantitative estimate of drug-likeness (QED) is 0.307. The summed E-state index contributed by atoms with van der Waals surface area (Å²) < 4.78 is 61.4. The highest BCUT2D eigenvalue weighted by molar-refractivity contribution is 7.93. The van der Waals surface area contributed by atoms with E-state index in [1.807, 2.05) is 14.1 Å². The van der Waals surface area contributed by atoms with Gasteiger partial charge in [-0.25, -0.2) is 22.1 Å². The highest BCUT2D eigenvalue weighted by Gasteiger charge is 2.35. The summed E-state index contributed by atoms with van der Waals surface area (Å²) in [6.45, 7) is -0.0960. The molecule has 2 aromatic carbocycles. The number of rotatable bonds is 10. The number of methoxy groups -OCH3 is 2. The van der Waals surface area contributed by atoms with Gasteiger partial charge in [0.05, 0.1) is 25.8 Å². The lowest BCUT2D eigenvalue weighted by Gasteiger charge is -2.36. The summed E-state index contributed by atoms with van der Waals surface area (Å²) in [5, 5.41) is 1.60. The lowest BCUT2D eigenvalue weighted by molar-refractivity contribution is 0.0598. The number of sulfonamides is 1. The third kappa shape index (κ3) is 6.01. The molecule has 1 saturated carbocycles. The van der Waals surface area contributed by atoms with Gasteiger partial charge in [-0.2, -0.15) is 0 Å². The highest BCUT2D eigenvalue weighted by Crippen LogP contribution is 2.38. The minimum absolute atomic E-state index is 0.0664. The Labute approximate surface area is 232 Å². The molecular formula is C26H31ClFN3O5S2. The molecule has 2 atom stereocenters. The Bertz CT molecular complexity index is 1360. The molecule has 0 bridgehead atoms. The Morgan fingerprint density at radius 2 is 1.87 bits per heavy atom. The van der Waals surface area contributed by atoms with Crippen molar-refractivity contribution in [1.82, 2.24) is 9.88 Å². The standard InChI is InChI=1S/C26H31ClFN3O5S2/c1-30(2)21-7-5-6-8-22(21)36-24-15-20(28)19(27)14-25(24)38(32,33)31(26-29-11-12-37-26)16-17-9-10-18(34-3)13-23(17)35-4/h9-15,21-22H,5-8,16H2,1-4H3/t21-,22-/m0/s1. The van der Waals surface area contributed by atoms with Gasteiger partial charge in [0.1, 0.15) is 34.1 Å². The maximum atomic E-state index is 14.7.